The number of halogens is 1. The second-order valence-corrected chi connectivity index (χ2v) is 8.32. The average molecular weight is 458 g/mol. The third-order valence-electron chi connectivity index (χ3n) is 5.92. The highest BCUT2D eigenvalue weighted by molar-refractivity contribution is 5.69. The van der Waals surface area contributed by atoms with E-state index in [0.29, 0.717) is 23.1 Å². The number of anilines is 1. The number of aromatic amines is 1. The largest absolute Gasteiger partial charge is 0.372 e. The van der Waals surface area contributed by atoms with Crippen molar-refractivity contribution in [2.45, 2.75) is 38.1 Å². The number of hydrogen-bond acceptors (Lipinski definition) is 5. The number of nitrogens with zero attached hydrogens (tertiary/aromatic N) is 4. The number of aromatic nitrogens is 4. The lowest BCUT2D eigenvalue weighted by Gasteiger charge is -2.15. The summed E-state index contributed by atoms with van der Waals surface area (Å²) in [5.74, 6) is 0.101. The molecule has 0 unspecified atom stereocenters. The van der Waals surface area contributed by atoms with Crippen LogP contribution < -0.4 is 11.1 Å². The lowest BCUT2D eigenvalue weighted by molar-refractivity contribution is 0.441. The fourth-order valence-electron chi connectivity index (χ4n) is 4.03. The van der Waals surface area contributed by atoms with E-state index in [9.17, 15) is 4.39 Å². The summed E-state index contributed by atoms with van der Waals surface area (Å²) in [6, 6.07) is 16.6. The third-order valence-corrected chi connectivity index (χ3v) is 5.92. The zero-order valence-electron chi connectivity index (χ0n) is 19.1. The summed E-state index contributed by atoms with van der Waals surface area (Å²) in [5, 5.41) is 23.3. The topological polar surface area (TPSA) is 108 Å². The molecule has 0 spiro atoms. The Balaban J connectivity index is 0.000000336. The molecule has 2 heterocycles. The SMILES string of the molecule is CNc1cc(-c2ccc(C#N)c(F)c2)n(-c2cccc(-c3cn[nH]c3)c2)n1.NC1CCCCC1. The van der Waals surface area contributed by atoms with Gasteiger partial charge in [-0.2, -0.15) is 10.4 Å². The van der Waals surface area contributed by atoms with Crippen molar-refractivity contribution in [1.82, 2.24) is 20.0 Å². The molecule has 7 nitrogen and oxygen atoms in total. The molecule has 0 atom stereocenters. The Labute approximate surface area is 198 Å². The molecule has 1 aliphatic rings. The Bertz CT molecular complexity index is 1260. The Morgan fingerprint density at radius 1 is 1.09 bits per heavy atom. The maximum Gasteiger partial charge on any atom is 0.148 e. The number of nitriles is 1. The van der Waals surface area contributed by atoms with Gasteiger partial charge in [0.05, 0.1) is 23.1 Å². The van der Waals surface area contributed by atoms with Gasteiger partial charge in [0.25, 0.3) is 0 Å². The van der Waals surface area contributed by atoms with E-state index in [4.69, 9.17) is 11.0 Å². The minimum Gasteiger partial charge on any atom is -0.372 e. The number of rotatable bonds is 4. The van der Waals surface area contributed by atoms with Crippen LogP contribution >= 0.6 is 0 Å². The van der Waals surface area contributed by atoms with E-state index in [-0.39, 0.29) is 5.56 Å². The predicted molar refractivity (Wildman–Crippen MR) is 132 cm³/mol. The minimum atomic E-state index is -0.555. The van der Waals surface area contributed by atoms with E-state index in [1.807, 2.05) is 42.6 Å². The van der Waals surface area contributed by atoms with Crippen LogP contribution in [0.1, 0.15) is 37.7 Å². The first kappa shape index (κ1) is 23.2. The summed E-state index contributed by atoms with van der Waals surface area (Å²) in [5.41, 5.74) is 9.77. The van der Waals surface area contributed by atoms with E-state index >= 15 is 0 Å². The highest BCUT2D eigenvalue weighted by atomic mass is 19.1. The van der Waals surface area contributed by atoms with Gasteiger partial charge in [-0.25, -0.2) is 9.07 Å². The second-order valence-electron chi connectivity index (χ2n) is 8.32. The standard InChI is InChI=1S/C20H15FN6.C6H13N/c1-23-20-9-19(14-5-6-15(10-22)18(21)8-14)27(26-20)17-4-2-3-13(7-17)16-11-24-25-12-16;7-6-4-2-1-3-5-6/h2-9,11-12H,1H3,(H,23,26)(H,24,25);6H,1-5,7H2. The van der Waals surface area contributed by atoms with Gasteiger partial charge in [0.15, 0.2) is 0 Å². The Kier molecular flexibility index (Phi) is 7.35. The van der Waals surface area contributed by atoms with Crippen LogP contribution in [-0.4, -0.2) is 33.1 Å². The molecule has 4 aromatic rings. The van der Waals surface area contributed by atoms with Crippen LogP contribution in [0.5, 0.6) is 0 Å². The highest BCUT2D eigenvalue weighted by Crippen LogP contribution is 2.29. The molecule has 34 heavy (non-hydrogen) atoms. The number of benzene rings is 2. The van der Waals surface area contributed by atoms with Gasteiger partial charge in [-0.15, -0.1) is 5.10 Å². The van der Waals surface area contributed by atoms with E-state index in [1.54, 1.807) is 24.0 Å². The normalized spacial score (nSPS) is 13.6. The van der Waals surface area contributed by atoms with E-state index in [1.165, 1.54) is 44.2 Å². The second kappa shape index (κ2) is 10.8. The molecule has 174 valence electrons. The van der Waals surface area contributed by atoms with Crippen LogP contribution in [-0.2, 0) is 0 Å². The van der Waals surface area contributed by atoms with Crippen molar-refractivity contribution in [1.29, 1.82) is 5.26 Å². The van der Waals surface area contributed by atoms with E-state index in [0.717, 1.165) is 16.8 Å². The molecule has 8 heteroatoms. The van der Waals surface area contributed by atoms with Crippen LogP contribution in [0.3, 0.4) is 0 Å². The van der Waals surface area contributed by atoms with Crippen LogP contribution in [0, 0.1) is 17.1 Å². The zero-order chi connectivity index (χ0) is 23.9. The van der Waals surface area contributed by atoms with Crippen molar-refractivity contribution in [3.05, 3.63) is 72.3 Å². The van der Waals surface area contributed by atoms with Gasteiger partial charge < -0.3 is 11.1 Å². The molecule has 0 aliphatic heterocycles. The fourth-order valence-corrected chi connectivity index (χ4v) is 4.03. The molecule has 2 aromatic heterocycles. The molecule has 2 aromatic carbocycles. The molecular weight excluding hydrogens is 429 g/mol. The van der Waals surface area contributed by atoms with Crippen LogP contribution in [0.2, 0.25) is 0 Å². The van der Waals surface area contributed by atoms with Gasteiger partial charge in [-0.3, -0.25) is 5.10 Å². The monoisotopic (exact) mass is 457 g/mol. The summed E-state index contributed by atoms with van der Waals surface area (Å²) in [6.07, 6.45) is 10.2. The van der Waals surface area contributed by atoms with Crippen molar-refractivity contribution in [2.75, 3.05) is 12.4 Å². The number of nitrogens with two attached hydrogens (primary N) is 1. The van der Waals surface area contributed by atoms with Gasteiger partial charge in [-0.05, 0) is 42.7 Å². The van der Waals surface area contributed by atoms with Gasteiger partial charge in [0, 0.05) is 36.5 Å². The number of nitrogens with one attached hydrogen (secondary N) is 2. The molecule has 5 rings (SSSR count). The Morgan fingerprint density at radius 3 is 2.53 bits per heavy atom. The highest BCUT2D eigenvalue weighted by Gasteiger charge is 2.14. The first-order valence-corrected chi connectivity index (χ1v) is 11.4. The Hall–Kier alpha value is -3.96. The van der Waals surface area contributed by atoms with Crippen molar-refractivity contribution in [2.24, 2.45) is 5.73 Å². The molecule has 0 bridgehead atoms. The summed E-state index contributed by atoms with van der Waals surface area (Å²) >= 11 is 0. The molecule has 1 aliphatic carbocycles. The number of hydrogen-bond donors (Lipinski definition) is 3. The van der Waals surface area contributed by atoms with Crippen LogP contribution in [0.15, 0.2) is 60.9 Å². The lowest BCUT2D eigenvalue weighted by atomic mass is 9.97. The van der Waals surface area contributed by atoms with Crippen LogP contribution in [0.25, 0.3) is 28.1 Å². The Morgan fingerprint density at radius 2 is 1.91 bits per heavy atom. The van der Waals surface area contributed by atoms with E-state index in [2.05, 4.69) is 20.6 Å². The average Bonchev–Trinajstić information content (AvgIpc) is 3.56. The van der Waals surface area contributed by atoms with Gasteiger partial charge in [-0.1, -0.05) is 37.5 Å². The summed E-state index contributed by atoms with van der Waals surface area (Å²) in [4.78, 5) is 0. The van der Waals surface area contributed by atoms with Gasteiger partial charge >= 0.3 is 0 Å². The summed E-state index contributed by atoms with van der Waals surface area (Å²) in [7, 11) is 1.78. The zero-order valence-corrected chi connectivity index (χ0v) is 19.1. The maximum absolute atomic E-state index is 14.1. The molecular formula is C26H28FN7. The van der Waals surface area contributed by atoms with Crippen LogP contribution in [0.4, 0.5) is 10.2 Å². The van der Waals surface area contributed by atoms with E-state index < -0.39 is 5.82 Å². The molecule has 1 saturated carbocycles. The molecule has 4 N–H and O–H groups in total. The maximum atomic E-state index is 14.1. The molecule has 1 fully saturated rings. The first-order valence-electron chi connectivity index (χ1n) is 11.4. The van der Waals surface area contributed by atoms with Crippen molar-refractivity contribution in [3.63, 3.8) is 0 Å². The van der Waals surface area contributed by atoms with Crippen molar-refractivity contribution < 1.29 is 4.39 Å². The molecule has 0 radical (unpaired) electrons. The third kappa shape index (κ3) is 5.33. The summed E-state index contributed by atoms with van der Waals surface area (Å²) < 4.78 is 15.9. The number of H-pyrrole nitrogens is 1. The van der Waals surface area contributed by atoms with Crippen molar-refractivity contribution in [3.8, 4) is 34.1 Å². The lowest BCUT2D eigenvalue weighted by Crippen LogP contribution is -2.22. The van der Waals surface area contributed by atoms with Gasteiger partial charge in [0.2, 0.25) is 0 Å². The predicted octanol–water partition coefficient (Wildman–Crippen LogP) is 5.26. The fraction of sp³-hybridized carbons (Fsp3) is 0.269. The van der Waals surface area contributed by atoms with Gasteiger partial charge in [0.1, 0.15) is 17.7 Å². The molecule has 0 amide bonds. The first-order chi connectivity index (χ1) is 16.6. The van der Waals surface area contributed by atoms with Crippen molar-refractivity contribution >= 4 is 5.82 Å². The quantitative estimate of drug-likeness (QED) is 0.387. The molecule has 0 saturated heterocycles. The minimum absolute atomic E-state index is 0.0145. The summed E-state index contributed by atoms with van der Waals surface area (Å²) in [6.45, 7) is 0. The smallest absolute Gasteiger partial charge is 0.148 e.